The minimum Gasteiger partial charge on any atom is -0.307 e. The molecule has 0 aliphatic carbocycles. The van der Waals surface area contributed by atoms with Gasteiger partial charge in [0.1, 0.15) is 11.6 Å². The van der Waals surface area contributed by atoms with E-state index in [1.807, 2.05) is 16.9 Å². The number of carbonyl (C=O) groups is 1. The number of carbonyl (C=O) groups excluding carboxylic acids is 1. The summed E-state index contributed by atoms with van der Waals surface area (Å²) >= 11 is 0. The highest BCUT2D eigenvalue weighted by Gasteiger charge is 2.24. The Morgan fingerprint density at radius 3 is 2.69 bits per heavy atom. The second kappa shape index (κ2) is 8.88. The van der Waals surface area contributed by atoms with Crippen LogP contribution in [-0.2, 0) is 6.54 Å². The summed E-state index contributed by atoms with van der Waals surface area (Å²) in [6.45, 7) is 2.74. The number of aromatic nitrogens is 3. The largest absolute Gasteiger partial charge is 0.307 e. The Labute approximate surface area is 185 Å². The first kappa shape index (κ1) is 20.3. The van der Waals surface area contributed by atoms with Crippen LogP contribution in [-0.4, -0.2) is 38.7 Å². The number of para-hydroxylation sites is 1. The molecular weight excluding hydrogens is 405 g/mol. The lowest BCUT2D eigenvalue weighted by Crippen LogP contribution is -2.35. The van der Waals surface area contributed by atoms with Gasteiger partial charge < -0.3 is 5.32 Å². The fourth-order valence-electron chi connectivity index (χ4n) is 4.38. The standard InChI is InChI=1S/C25H24FN5O/c26-21-8-2-5-19(16-21)25(32)29-23-9-13-28-31(23)22-10-14-30(15-11-22)17-20-6-1-4-18-7-3-12-27-24(18)20/h1-9,12-13,16,22H,10-11,14-15,17H2,(H,29,32). The minimum atomic E-state index is -0.431. The second-order valence-corrected chi connectivity index (χ2v) is 8.13. The number of pyridine rings is 1. The Kier molecular flexibility index (Phi) is 5.64. The van der Waals surface area contributed by atoms with E-state index in [0.29, 0.717) is 5.82 Å². The molecule has 1 amide bonds. The third-order valence-corrected chi connectivity index (χ3v) is 6.01. The molecule has 5 rings (SSSR count). The molecule has 7 heteroatoms. The fourth-order valence-corrected chi connectivity index (χ4v) is 4.38. The van der Waals surface area contributed by atoms with Crippen LogP contribution in [0.5, 0.6) is 0 Å². The Hall–Kier alpha value is -3.58. The third kappa shape index (κ3) is 4.24. The van der Waals surface area contributed by atoms with Crippen molar-refractivity contribution < 1.29 is 9.18 Å². The molecular formula is C25H24FN5O. The third-order valence-electron chi connectivity index (χ3n) is 6.01. The number of benzene rings is 2. The summed E-state index contributed by atoms with van der Waals surface area (Å²) in [6, 6.07) is 18.1. The Morgan fingerprint density at radius 2 is 1.84 bits per heavy atom. The monoisotopic (exact) mass is 429 g/mol. The van der Waals surface area contributed by atoms with E-state index >= 15 is 0 Å². The van der Waals surface area contributed by atoms with E-state index in [1.165, 1.54) is 23.8 Å². The number of likely N-dealkylation sites (tertiary alicyclic amines) is 1. The van der Waals surface area contributed by atoms with E-state index in [1.54, 1.807) is 18.3 Å². The quantitative estimate of drug-likeness (QED) is 0.501. The Bertz CT molecular complexity index is 1240. The van der Waals surface area contributed by atoms with Gasteiger partial charge in [0.2, 0.25) is 0 Å². The molecule has 1 fully saturated rings. The first-order valence-electron chi connectivity index (χ1n) is 10.8. The summed E-state index contributed by atoms with van der Waals surface area (Å²) in [6.07, 6.45) is 5.40. The van der Waals surface area contributed by atoms with Gasteiger partial charge in [-0.05, 0) is 42.7 Å². The molecule has 1 aliphatic heterocycles. The average molecular weight is 429 g/mol. The zero-order chi connectivity index (χ0) is 21.9. The normalized spacial score (nSPS) is 15.2. The van der Waals surface area contributed by atoms with Crippen molar-refractivity contribution in [3.63, 3.8) is 0 Å². The first-order chi connectivity index (χ1) is 15.7. The van der Waals surface area contributed by atoms with Gasteiger partial charge in [-0.25, -0.2) is 9.07 Å². The molecule has 0 saturated carbocycles. The molecule has 3 heterocycles. The van der Waals surface area contributed by atoms with Crippen molar-refractivity contribution >= 4 is 22.6 Å². The van der Waals surface area contributed by atoms with Gasteiger partial charge in [0.25, 0.3) is 5.91 Å². The maximum Gasteiger partial charge on any atom is 0.256 e. The number of amides is 1. The topological polar surface area (TPSA) is 63.1 Å². The van der Waals surface area contributed by atoms with E-state index in [2.05, 4.69) is 44.6 Å². The number of rotatable bonds is 5. The van der Waals surface area contributed by atoms with Crippen LogP contribution < -0.4 is 5.32 Å². The Balaban J connectivity index is 1.23. The smallest absolute Gasteiger partial charge is 0.256 e. The summed E-state index contributed by atoms with van der Waals surface area (Å²) in [5.74, 6) is -0.136. The Morgan fingerprint density at radius 1 is 1.03 bits per heavy atom. The summed E-state index contributed by atoms with van der Waals surface area (Å²) in [5.41, 5.74) is 2.59. The molecule has 4 aromatic rings. The average Bonchev–Trinajstić information content (AvgIpc) is 3.28. The summed E-state index contributed by atoms with van der Waals surface area (Å²) in [4.78, 5) is 19.5. The number of anilines is 1. The van der Waals surface area contributed by atoms with Gasteiger partial charge in [-0.2, -0.15) is 5.10 Å². The zero-order valence-corrected chi connectivity index (χ0v) is 17.6. The lowest BCUT2D eigenvalue weighted by molar-refractivity contribution is 0.102. The highest BCUT2D eigenvalue weighted by molar-refractivity contribution is 6.03. The van der Waals surface area contributed by atoms with Gasteiger partial charge in [-0.3, -0.25) is 14.7 Å². The van der Waals surface area contributed by atoms with E-state index in [9.17, 15) is 9.18 Å². The number of halogens is 1. The predicted octanol–water partition coefficient (Wildman–Crippen LogP) is 4.66. The molecule has 1 aliphatic rings. The molecule has 162 valence electrons. The van der Waals surface area contributed by atoms with Gasteiger partial charge >= 0.3 is 0 Å². The van der Waals surface area contributed by atoms with Crippen LogP contribution in [0.3, 0.4) is 0 Å². The molecule has 0 bridgehead atoms. The van der Waals surface area contributed by atoms with Gasteiger partial charge in [-0.15, -0.1) is 0 Å². The molecule has 1 saturated heterocycles. The summed E-state index contributed by atoms with van der Waals surface area (Å²) in [7, 11) is 0. The van der Waals surface area contributed by atoms with Crippen LogP contribution in [0.1, 0.15) is 34.8 Å². The van der Waals surface area contributed by atoms with Crippen molar-refractivity contribution in [1.29, 1.82) is 0 Å². The molecule has 0 radical (unpaired) electrons. The molecule has 0 spiro atoms. The summed E-state index contributed by atoms with van der Waals surface area (Å²) < 4.78 is 15.3. The molecule has 32 heavy (non-hydrogen) atoms. The van der Waals surface area contributed by atoms with E-state index in [-0.39, 0.29) is 17.5 Å². The van der Waals surface area contributed by atoms with Crippen LogP contribution >= 0.6 is 0 Å². The highest BCUT2D eigenvalue weighted by Crippen LogP contribution is 2.27. The first-order valence-corrected chi connectivity index (χ1v) is 10.8. The zero-order valence-electron chi connectivity index (χ0n) is 17.6. The lowest BCUT2D eigenvalue weighted by atomic mass is 10.0. The van der Waals surface area contributed by atoms with Crippen molar-refractivity contribution in [3.8, 4) is 0 Å². The fraction of sp³-hybridized carbons (Fsp3) is 0.240. The van der Waals surface area contributed by atoms with Crippen molar-refractivity contribution in [3.05, 3.63) is 90.0 Å². The second-order valence-electron chi connectivity index (χ2n) is 8.13. The minimum absolute atomic E-state index is 0.203. The lowest BCUT2D eigenvalue weighted by Gasteiger charge is -2.32. The van der Waals surface area contributed by atoms with Gasteiger partial charge in [0.05, 0.1) is 17.8 Å². The molecule has 2 aromatic heterocycles. The number of fused-ring (bicyclic) bond motifs is 1. The van der Waals surface area contributed by atoms with Crippen molar-refractivity contribution in [2.45, 2.75) is 25.4 Å². The number of hydrogen-bond donors (Lipinski definition) is 1. The van der Waals surface area contributed by atoms with Crippen molar-refractivity contribution in [2.24, 2.45) is 0 Å². The van der Waals surface area contributed by atoms with E-state index in [4.69, 9.17) is 0 Å². The van der Waals surface area contributed by atoms with Crippen LogP contribution in [0.25, 0.3) is 10.9 Å². The number of hydrogen-bond acceptors (Lipinski definition) is 4. The molecule has 0 unspecified atom stereocenters. The molecule has 0 atom stereocenters. The number of nitrogens with zero attached hydrogens (tertiary/aromatic N) is 4. The van der Waals surface area contributed by atoms with Crippen LogP contribution in [0.4, 0.5) is 10.2 Å². The van der Waals surface area contributed by atoms with Crippen molar-refractivity contribution in [2.75, 3.05) is 18.4 Å². The van der Waals surface area contributed by atoms with Gasteiger partial charge in [0.15, 0.2) is 0 Å². The summed E-state index contributed by atoms with van der Waals surface area (Å²) in [5, 5.41) is 8.49. The van der Waals surface area contributed by atoms with E-state index < -0.39 is 5.82 Å². The molecule has 2 aromatic carbocycles. The highest BCUT2D eigenvalue weighted by atomic mass is 19.1. The number of piperidine rings is 1. The number of nitrogens with one attached hydrogen (secondary N) is 1. The molecule has 6 nitrogen and oxygen atoms in total. The van der Waals surface area contributed by atoms with Crippen LogP contribution in [0.15, 0.2) is 73.1 Å². The van der Waals surface area contributed by atoms with E-state index in [0.717, 1.165) is 43.4 Å². The SMILES string of the molecule is O=C(Nc1ccnn1C1CCN(Cc2cccc3cccnc23)CC1)c1cccc(F)c1. The van der Waals surface area contributed by atoms with Gasteiger partial charge in [-0.1, -0.05) is 30.3 Å². The predicted molar refractivity (Wildman–Crippen MR) is 122 cm³/mol. The van der Waals surface area contributed by atoms with Crippen LogP contribution in [0.2, 0.25) is 0 Å². The molecule has 1 N–H and O–H groups in total. The maximum absolute atomic E-state index is 13.4. The maximum atomic E-state index is 13.4. The van der Waals surface area contributed by atoms with Crippen LogP contribution in [0, 0.1) is 5.82 Å². The van der Waals surface area contributed by atoms with Gasteiger partial charge in [0, 0.05) is 42.8 Å². The van der Waals surface area contributed by atoms with Crippen molar-refractivity contribution in [1.82, 2.24) is 19.7 Å².